The van der Waals surface area contributed by atoms with E-state index in [1.54, 1.807) is 0 Å². The van der Waals surface area contributed by atoms with Gasteiger partial charge in [-0.05, 0) is 19.4 Å². The Morgan fingerprint density at radius 1 is 1.62 bits per heavy atom. The minimum atomic E-state index is -0.849. The summed E-state index contributed by atoms with van der Waals surface area (Å²) in [6, 6.07) is 0. The minimum absolute atomic E-state index is 0.0486. The molecule has 3 N–H and O–H groups in total. The molecule has 5 nitrogen and oxygen atoms in total. The van der Waals surface area contributed by atoms with E-state index in [9.17, 15) is 9.90 Å². The van der Waals surface area contributed by atoms with Crippen molar-refractivity contribution in [2.24, 2.45) is 5.92 Å². The zero-order chi connectivity index (χ0) is 11.4. The molecule has 2 aliphatic rings. The molecule has 16 heavy (non-hydrogen) atoms. The summed E-state index contributed by atoms with van der Waals surface area (Å²) in [6.07, 6.45) is 2.59. The summed E-state index contributed by atoms with van der Waals surface area (Å²) in [4.78, 5) is 11.8. The van der Waals surface area contributed by atoms with Gasteiger partial charge >= 0.3 is 0 Å². The molecule has 2 saturated heterocycles. The van der Waals surface area contributed by atoms with E-state index in [0.29, 0.717) is 26.2 Å². The number of aliphatic hydroxyl groups is 1. The van der Waals surface area contributed by atoms with Crippen LogP contribution in [0.4, 0.5) is 0 Å². The second kappa shape index (κ2) is 5.12. The SMILES string of the molecule is O=C(NCC1(O)CCOC1)[C@H]1CCCNC1. The monoisotopic (exact) mass is 228 g/mol. The Balaban J connectivity index is 1.74. The zero-order valence-electron chi connectivity index (χ0n) is 9.50. The van der Waals surface area contributed by atoms with Gasteiger partial charge in [-0.1, -0.05) is 0 Å². The maximum absolute atomic E-state index is 11.8. The van der Waals surface area contributed by atoms with E-state index in [2.05, 4.69) is 10.6 Å². The average molecular weight is 228 g/mol. The number of rotatable bonds is 3. The van der Waals surface area contributed by atoms with Crippen molar-refractivity contribution in [3.8, 4) is 0 Å². The smallest absolute Gasteiger partial charge is 0.224 e. The van der Waals surface area contributed by atoms with E-state index in [-0.39, 0.29) is 11.8 Å². The molecular weight excluding hydrogens is 208 g/mol. The van der Waals surface area contributed by atoms with Gasteiger partial charge in [-0.3, -0.25) is 4.79 Å². The lowest BCUT2D eigenvalue weighted by atomic mass is 9.98. The van der Waals surface area contributed by atoms with Gasteiger partial charge in [0.05, 0.1) is 12.5 Å². The third kappa shape index (κ3) is 2.93. The number of ether oxygens (including phenoxy) is 1. The fraction of sp³-hybridized carbons (Fsp3) is 0.909. The van der Waals surface area contributed by atoms with Gasteiger partial charge in [0.1, 0.15) is 5.60 Å². The lowest BCUT2D eigenvalue weighted by Gasteiger charge is -2.25. The van der Waals surface area contributed by atoms with Crippen molar-refractivity contribution in [2.75, 3.05) is 32.8 Å². The molecule has 0 aromatic heterocycles. The predicted molar refractivity (Wildman–Crippen MR) is 59.0 cm³/mol. The summed E-state index contributed by atoms with van der Waals surface area (Å²) < 4.78 is 5.12. The fourth-order valence-corrected chi connectivity index (χ4v) is 2.21. The second-order valence-corrected chi connectivity index (χ2v) is 4.79. The highest BCUT2D eigenvalue weighted by molar-refractivity contribution is 5.79. The van der Waals surface area contributed by atoms with Gasteiger partial charge in [-0.2, -0.15) is 0 Å². The van der Waals surface area contributed by atoms with E-state index in [4.69, 9.17) is 4.74 Å². The number of hydrogen-bond donors (Lipinski definition) is 3. The number of carbonyl (C=O) groups is 1. The van der Waals surface area contributed by atoms with Crippen LogP contribution in [0.2, 0.25) is 0 Å². The topological polar surface area (TPSA) is 70.6 Å². The van der Waals surface area contributed by atoms with Crippen LogP contribution in [0.25, 0.3) is 0 Å². The molecule has 0 aromatic carbocycles. The molecule has 1 amide bonds. The summed E-state index contributed by atoms with van der Waals surface area (Å²) in [5.41, 5.74) is -0.849. The van der Waals surface area contributed by atoms with Gasteiger partial charge in [-0.15, -0.1) is 0 Å². The quantitative estimate of drug-likeness (QED) is 0.594. The number of nitrogens with one attached hydrogen (secondary N) is 2. The first-order valence-corrected chi connectivity index (χ1v) is 5.98. The maximum Gasteiger partial charge on any atom is 0.224 e. The lowest BCUT2D eigenvalue weighted by molar-refractivity contribution is -0.126. The number of amides is 1. The molecule has 2 fully saturated rings. The third-order valence-corrected chi connectivity index (χ3v) is 3.34. The van der Waals surface area contributed by atoms with Crippen LogP contribution in [-0.4, -0.2) is 49.5 Å². The Hall–Kier alpha value is -0.650. The highest BCUT2D eigenvalue weighted by atomic mass is 16.5. The Kier molecular flexibility index (Phi) is 3.78. The molecule has 0 radical (unpaired) electrons. The number of carbonyl (C=O) groups excluding carboxylic acids is 1. The van der Waals surface area contributed by atoms with Crippen molar-refractivity contribution in [3.63, 3.8) is 0 Å². The molecule has 92 valence electrons. The van der Waals surface area contributed by atoms with Gasteiger partial charge < -0.3 is 20.5 Å². The summed E-state index contributed by atoms with van der Waals surface area (Å²) in [5.74, 6) is 0.104. The van der Waals surface area contributed by atoms with Crippen molar-refractivity contribution < 1.29 is 14.6 Å². The van der Waals surface area contributed by atoms with Crippen molar-refractivity contribution in [1.82, 2.24) is 10.6 Å². The molecule has 2 rings (SSSR count). The van der Waals surface area contributed by atoms with Crippen molar-refractivity contribution in [3.05, 3.63) is 0 Å². The van der Waals surface area contributed by atoms with Gasteiger partial charge in [0.2, 0.25) is 5.91 Å². The molecular formula is C11H20N2O3. The number of hydrogen-bond acceptors (Lipinski definition) is 4. The average Bonchev–Trinajstić information content (AvgIpc) is 2.75. The first-order chi connectivity index (χ1) is 7.70. The highest BCUT2D eigenvalue weighted by Gasteiger charge is 2.33. The van der Waals surface area contributed by atoms with Crippen LogP contribution in [0.15, 0.2) is 0 Å². The summed E-state index contributed by atoms with van der Waals surface area (Å²) >= 11 is 0. The Bertz CT molecular complexity index is 246. The number of piperidine rings is 1. The van der Waals surface area contributed by atoms with Gasteiger partial charge in [0.25, 0.3) is 0 Å². The highest BCUT2D eigenvalue weighted by Crippen LogP contribution is 2.17. The predicted octanol–water partition coefficient (Wildman–Crippen LogP) is -0.746. The Morgan fingerprint density at radius 2 is 2.50 bits per heavy atom. The summed E-state index contributed by atoms with van der Waals surface area (Å²) in [6.45, 7) is 2.97. The molecule has 2 atom stereocenters. The van der Waals surface area contributed by atoms with Crippen LogP contribution >= 0.6 is 0 Å². The summed E-state index contributed by atoms with van der Waals surface area (Å²) in [7, 11) is 0. The minimum Gasteiger partial charge on any atom is -0.386 e. The second-order valence-electron chi connectivity index (χ2n) is 4.79. The molecule has 0 aromatic rings. The molecule has 0 spiro atoms. The zero-order valence-corrected chi connectivity index (χ0v) is 9.50. The Morgan fingerprint density at radius 3 is 3.12 bits per heavy atom. The molecule has 5 heteroatoms. The van der Waals surface area contributed by atoms with Gasteiger partial charge in [0, 0.05) is 26.1 Å². The largest absolute Gasteiger partial charge is 0.386 e. The molecule has 2 heterocycles. The van der Waals surface area contributed by atoms with Gasteiger partial charge in [-0.25, -0.2) is 0 Å². The summed E-state index contributed by atoms with van der Waals surface area (Å²) in [5, 5.41) is 16.0. The first kappa shape index (κ1) is 11.8. The Labute approximate surface area is 95.5 Å². The molecule has 2 aliphatic heterocycles. The van der Waals surface area contributed by atoms with Crippen LogP contribution < -0.4 is 10.6 Å². The van der Waals surface area contributed by atoms with Crippen LogP contribution in [0.3, 0.4) is 0 Å². The first-order valence-electron chi connectivity index (χ1n) is 5.98. The van der Waals surface area contributed by atoms with E-state index in [1.165, 1.54) is 0 Å². The van der Waals surface area contributed by atoms with Crippen LogP contribution in [0.5, 0.6) is 0 Å². The van der Waals surface area contributed by atoms with E-state index in [0.717, 1.165) is 25.9 Å². The van der Waals surface area contributed by atoms with E-state index < -0.39 is 5.60 Å². The van der Waals surface area contributed by atoms with Crippen LogP contribution in [0.1, 0.15) is 19.3 Å². The molecule has 0 saturated carbocycles. The van der Waals surface area contributed by atoms with Crippen molar-refractivity contribution >= 4 is 5.91 Å². The normalized spacial score (nSPS) is 34.9. The van der Waals surface area contributed by atoms with Crippen molar-refractivity contribution in [2.45, 2.75) is 24.9 Å². The van der Waals surface area contributed by atoms with E-state index >= 15 is 0 Å². The lowest BCUT2D eigenvalue weighted by Crippen LogP contribution is -2.47. The van der Waals surface area contributed by atoms with Crippen LogP contribution in [0, 0.1) is 5.92 Å². The molecule has 0 aliphatic carbocycles. The van der Waals surface area contributed by atoms with Crippen LogP contribution in [-0.2, 0) is 9.53 Å². The maximum atomic E-state index is 11.8. The third-order valence-electron chi connectivity index (χ3n) is 3.34. The standard InChI is InChI=1S/C11H20N2O3/c14-10(9-2-1-4-12-6-9)13-7-11(15)3-5-16-8-11/h9,12,15H,1-8H2,(H,13,14)/t9-,11?/m0/s1. The van der Waals surface area contributed by atoms with Gasteiger partial charge in [0.15, 0.2) is 0 Å². The van der Waals surface area contributed by atoms with E-state index in [1.807, 2.05) is 0 Å². The molecule has 1 unspecified atom stereocenters. The molecule has 0 bridgehead atoms. The fourth-order valence-electron chi connectivity index (χ4n) is 2.21. The van der Waals surface area contributed by atoms with Crippen molar-refractivity contribution in [1.29, 1.82) is 0 Å².